The number of furan rings is 1. The number of nitrogens with zero attached hydrogens (tertiary/aromatic N) is 2. The summed E-state index contributed by atoms with van der Waals surface area (Å²) < 4.78 is 4.96. The highest BCUT2D eigenvalue weighted by Gasteiger charge is 2.13. The van der Waals surface area contributed by atoms with Crippen LogP contribution < -0.4 is 11.3 Å². The molecule has 1 unspecified atom stereocenters. The van der Waals surface area contributed by atoms with Crippen molar-refractivity contribution in [1.82, 2.24) is 20.6 Å². The maximum Gasteiger partial charge on any atom is 0.143 e. The van der Waals surface area contributed by atoms with E-state index in [1.165, 1.54) is 6.33 Å². The number of hydrogen-bond donors (Lipinski definition) is 3. The molecule has 2 aromatic rings. The Kier molecular flexibility index (Phi) is 2.57. The fraction of sp³-hybridized carbons (Fsp3) is 0.250. The van der Waals surface area contributed by atoms with E-state index in [1.54, 1.807) is 12.5 Å². The largest absolute Gasteiger partial charge is 0.472 e. The van der Waals surface area contributed by atoms with Crippen molar-refractivity contribution in [2.24, 2.45) is 5.84 Å². The summed E-state index contributed by atoms with van der Waals surface area (Å²) in [5.41, 5.74) is 3.73. The lowest BCUT2D eigenvalue weighted by molar-refractivity contribution is 0.516. The summed E-state index contributed by atoms with van der Waals surface area (Å²) in [6.45, 7) is 0. The first kappa shape index (κ1) is 8.92. The van der Waals surface area contributed by atoms with Crippen LogP contribution in [0, 0.1) is 0 Å². The summed E-state index contributed by atoms with van der Waals surface area (Å²) >= 11 is 0. The number of H-pyrrole nitrogens is 1. The summed E-state index contributed by atoms with van der Waals surface area (Å²) in [5, 5.41) is 6.53. The Labute approximate surface area is 80.5 Å². The van der Waals surface area contributed by atoms with Crippen LogP contribution in [-0.4, -0.2) is 15.2 Å². The molecule has 74 valence electrons. The van der Waals surface area contributed by atoms with Gasteiger partial charge in [0.1, 0.15) is 12.2 Å². The average molecular weight is 193 g/mol. The van der Waals surface area contributed by atoms with Gasteiger partial charge in [-0.15, -0.1) is 0 Å². The molecule has 4 N–H and O–H groups in total. The summed E-state index contributed by atoms with van der Waals surface area (Å²) in [4.78, 5) is 4.03. The molecule has 0 radical (unpaired) electrons. The van der Waals surface area contributed by atoms with E-state index >= 15 is 0 Å². The third-order valence-electron chi connectivity index (χ3n) is 1.98. The van der Waals surface area contributed by atoms with Gasteiger partial charge in [-0.1, -0.05) is 0 Å². The van der Waals surface area contributed by atoms with Gasteiger partial charge in [-0.3, -0.25) is 10.9 Å². The zero-order chi connectivity index (χ0) is 9.80. The van der Waals surface area contributed by atoms with Crippen molar-refractivity contribution in [3.63, 3.8) is 0 Å². The van der Waals surface area contributed by atoms with Gasteiger partial charge in [0, 0.05) is 0 Å². The maximum atomic E-state index is 5.41. The molecule has 0 amide bonds. The number of aromatic nitrogens is 3. The van der Waals surface area contributed by atoms with Crippen LogP contribution in [0.3, 0.4) is 0 Å². The van der Waals surface area contributed by atoms with Crippen molar-refractivity contribution in [2.75, 3.05) is 0 Å². The summed E-state index contributed by atoms with van der Waals surface area (Å²) in [5.74, 6) is 6.13. The molecule has 0 fully saturated rings. The minimum atomic E-state index is -0.0740. The van der Waals surface area contributed by atoms with Gasteiger partial charge in [-0.25, -0.2) is 10.4 Å². The van der Waals surface area contributed by atoms with Gasteiger partial charge >= 0.3 is 0 Å². The van der Waals surface area contributed by atoms with Gasteiger partial charge < -0.3 is 4.42 Å². The van der Waals surface area contributed by atoms with Crippen LogP contribution in [0.1, 0.15) is 17.4 Å². The van der Waals surface area contributed by atoms with E-state index in [4.69, 9.17) is 10.3 Å². The molecule has 0 bridgehead atoms. The Balaban J connectivity index is 2.08. The van der Waals surface area contributed by atoms with E-state index in [2.05, 4.69) is 20.6 Å². The summed E-state index contributed by atoms with van der Waals surface area (Å²) in [7, 11) is 0. The van der Waals surface area contributed by atoms with Crippen molar-refractivity contribution in [3.8, 4) is 0 Å². The molecule has 0 saturated heterocycles. The fourth-order valence-electron chi connectivity index (χ4n) is 1.26. The van der Waals surface area contributed by atoms with Crippen molar-refractivity contribution >= 4 is 0 Å². The van der Waals surface area contributed by atoms with Crippen LogP contribution in [0.5, 0.6) is 0 Å². The molecule has 0 aliphatic carbocycles. The number of nitrogens with two attached hydrogens (primary N) is 1. The van der Waals surface area contributed by atoms with E-state index in [-0.39, 0.29) is 6.04 Å². The number of hydrogen-bond acceptors (Lipinski definition) is 5. The summed E-state index contributed by atoms with van der Waals surface area (Å²) in [6, 6.07) is 1.82. The SMILES string of the molecule is NNC(Cc1ccoc1)c1ncn[nH]1. The second kappa shape index (κ2) is 4.03. The molecule has 2 heterocycles. The predicted molar refractivity (Wildman–Crippen MR) is 48.9 cm³/mol. The lowest BCUT2D eigenvalue weighted by Gasteiger charge is -2.10. The minimum Gasteiger partial charge on any atom is -0.472 e. The molecule has 0 aliphatic heterocycles. The zero-order valence-corrected chi connectivity index (χ0v) is 7.47. The second-order valence-electron chi connectivity index (χ2n) is 2.93. The molecule has 2 aromatic heterocycles. The maximum absolute atomic E-state index is 5.41. The molecule has 6 nitrogen and oxygen atoms in total. The lowest BCUT2D eigenvalue weighted by Crippen LogP contribution is -2.30. The van der Waals surface area contributed by atoms with Crippen LogP contribution in [0.2, 0.25) is 0 Å². The number of aromatic amines is 1. The predicted octanol–water partition coefficient (Wildman–Crippen LogP) is 0.145. The Morgan fingerprint density at radius 1 is 1.64 bits per heavy atom. The third kappa shape index (κ3) is 1.81. The monoisotopic (exact) mass is 193 g/mol. The molecule has 0 saturated carbocycles. The van der Waals surface area contributed by atoms with Crippen LogP contribution >= 0.6 is 0 Å². The van der Waals surface area contributed by atoms with Crippen molar-refractivity contribution < 1.29 is 4.42 Å². The highest BCUT2D eigenvalue weighted by atomic mass is 16.3. The van der Waals surface area contributed by atoms with E-state index in [9.17, 15) is 0 Å². The highest BCUT2D eigenvalue weighted by molar-refractivity contribution is 5.09. The first-order chi connectivity index (χ1) is 6.90. The van der Waals surface area contributed by atoms with Crippen LogP contribution in [0.25, 0.3) is 0 Å². The van der Waals surface area contributed by atoms with Crippen molar-refractivity contribution in [1.29, 1.82) is 0 Å². The first-order valence-electron chi connectivity index (χ1n) is 4.22. The van der Waals surface area contributed by atoms with Crippen molar-refractivity contribution in [2.45, 2.75) is 12.5 Å². The zero-order valence-electron chi connectivity index (χ0n) is 7.47. The minimum absolute atomic E-state index is 0.0740. The fourth-order valence-corrected chi connectivity index (χ4v) is 1.26. The highest BCUT2D eigenvalue weighted by Crippen LogP contribution is 2.13. The molecule has 0 aliphatic rings. The Morgan fingerprint density at radius 2 is 2.57 bits per heavy atom. The van der Waals surface area contributed by atoms with Gasteiger partial charge in [0.25, 0.3) is 0 Å². The Morgan fingerprint density at radius 3 is 3.14 bits per heavy atom. The van der Waals surface area contributed by atoms with Gasteiger partial charge in [-0.2, -0.15) is 5.10 Å². The van der Waals surface area contributed by atoms with Crippen LogP contribution in [-0.2, 0) is 6.42 Å². The average Bonchev–Trinajstić information content (AvgIpc) is 2.86. The lowest BCUT2D eigenvalue weighted by atomic mass is 10.1. The third-order valence-corrected chi connectivity index (χ3v) is 1.98. The topological polar surface area (TPSA) is 92.8 Å². The molecular weight excluding hydrogens is 182 g/mol. The molecule has 6 heteroatoms. The first-order valence-corrected chi connectivity index (χ1v) is 4.22. The Hall–Kier alpha value is -1.66. The smallest absolute Gasteiger partial charge is 0.143 e. The standard InChI is InChI=1S/C8H11N5O/c9-12-7(8-10-5-11-13-8)3-6-1-2-14-4-6/h1-2,4-5,7,12H,3,9H2,(H,10,11,13). The molecule has 2 rings (SSSR count). The second-order valence-corrected chi connectivity index (χ2v) is 2.93. The van der Waals surface area contributed by atoms with Crippen molar-refractivity contribution in [3.05, 3.63) is 36.3 Å². The molecule has 1 atom stereocenters. The molecule has 0 aromatic carbocycles. The van der Waals surface area contributed by atoms with Gasteiger partial charge in [0.05, 0.1) is 18.6 Å². The van der Waals surface area contributed by atoms with Gasteiger partial charge in [0.15, 0.2) is 0 Å². The normalized spacial score (nSPS) is 12.9. The Bertz CT molecular complexity index is 355. The number of rotatable bonds is 4. The quantitative estimate of drug-likeness (QED) is 0.474. The number of nitrogens with one attached hydrogen (secondary N) is 2. The molecular formula is C8H11N5O. The van der Waals surface area contributed by atoms with Crippen LogP contribution in [0.4, 0.5) is 0 Å². The number of hydrazine groups is 1. The molecule has 0 spiro atoms. The van der Waals surface area contributed by atoms with Gasteiger partial charge in [-0.05, 0) is 18.1 Å². The van der Waals surface area contributed by atoms with E-state index in [0.29, 0.717) is 12.2 Å². The van der Waals surface area contributed by atoms with Gasteiger partial charge in [0.2, 0.25) is 0 Å². The summed E-state index contributed by atoms with van der Waals surface area (Å²) in [6.07, 6.45) is 5.47. The van der Waals surface area contributed by atoms with Crippen LogP contribution in [0.15, 0.2) is 29.3 Å². The van der Waals surface area contributed by atoms with E-state index in [0.717, 1.165) is 5.56 Å². The van der Waals surface area contributed by atoms with E-state index < -0.39 is 0 Å². The molecule has 14 heavy (non-hydrogen) atoms. The van der Waals surface area contributed by atoms with E-state index in [1.807, 2.05) is 6.07 Å².